The van der Waals surface area contributed by atoms with E-state index in [9.17, 15) is 14.0 Å². The molecule has 0 aliphatic carbocycles. The van der Waals surface area contributed by atoms with Gasteiger partial charge in [-0.15, -0.1) is 0 Å². The van der Waals surface area contributed by atoms with Crippen molar-refractivity contribution in [1.82, 2.24) is 9.80 Å². The van der Waals surface area contributed by atoms with Crippen LogP contribution < -0.4 is 5.73 Å². The molecule has 6 nitrogen and oxygen atoms in total. The average Bonchev–Trinajstić information content (AvgIpc) is 2.67. The van der Waals surface area contributed by atoms with Crippen LogP contribution in [0, 0.1) is 5.82 Å². The van der Waals surface area contributed by atoms with E-state index in [4.69, 9.17) is 10.5 Å². The molecular weight excluding hydrogens is 349 g/mol. The van der Waals surface area contributed by atoms with Gasteiger partial charge in [0.15, 0.2) is 6.61 Å². The molecule has 0 saturated carbocycles. The summed E-state index contributed by atoms with van der Waals surface area (Å²) in [5.74, 6) is -1.51. The van der Waals surface area contributed by atoms with Crippen LogP contribution in [0.15, 0.2) is 48.5 Å². The smallest absolute Gasteiger partial charge is 0.340 e. The number of esters is 1. The Morgan fingerprint density at radius 2 is 1.74 bits per heavy atom. The van der Waals surface area contributed by atoms with Crippen molar-refractivity contribution >= 4 is 17.6 Å². The number of carbonyl (C=O) groups excluding carboxylic acids is 2. The molecule has 7 heteroatoms. The number of amides is 1. The minimum absolute atomic E-state index is 0.0121. The molecule has 1 saturated heterocycles. The number of benzene rings is 2. The number of ether oxygens (including phenoxy) is 1. The van der Waals surface area contributed by atoms with E-state index in [1.165, 1.54) is 11.6 Å². The first kappa shape index (κ1) is 18.8. The molecule has 0 bridgehead atoms. The van der Waals surface area contributed by atoms with Crippen molar-refractivity contribution < 1.29 is 18.7 Å². The van der Waals surface area contributed by atoms with Crippen LogP contribution in [0.5, 0.6) is 0 Å². The molecule has 1 fully saturated rings. The molecule has 0 radical (unpaired) electrons. The van der Waals surface area contributed by atoms with Crippen LogP contribution >= 0.6 is 0 Å². The Kier molecular flexibility index (Phi) is 6.03. The Labute approximate surface area is 157 Å². The van der Waals surface area contributed by atoms with Crippen LogP contribution in [0.4, 0.5) is 10.1 Å². The second kappa shape index (κ2) is 8.64. The van der Waals surface area contributed by atoms with Crippen LogP contribution in [-0.2, 0) is 16.1 Å². The number of nitrogen functional groups attached to an aromatic ring is 1. The zero-order chi connectivity index (χ0) is 19.2. The minimum atomic E-state index is -0.733. The van der Waals surface area contributed by atoms with Gasteiger partial charge in [0.1, 0.15) is 5.82 Å². The zero-order valence-electron chi connectivity index (χ0n) is 14.9. The highest BCUT2D eigenvalue weighted by Crippen LogP contribution is 2.15. The Hall–Kier alpha value is -2.93. The van der Waals surface area contributed by atoms with Crippen molar-refractivity contribution in [2.24, 2.45) is 0 Å². The first-order chi connectivity index (χ1) is 13.0. The SMILES string of the molecule is Nc1cc(F)ccc1C(=O)OCC(=O)N1CCN(Cc2ccccc2)CC1. The van der Waals surface area contributed by atoms with Crippen LogP contribution in [0.1, 0.15) is 15.9 Å². The van der Waals surface area contributed by atoms with E-state index < -0.39 is 11.8 Å². The van der Waals surface area contributed by atoms with Gasteiger partial charge in [-0.25, -0.2) is 9.18 Å². The van der Waals surface area contributed by atoms with Gasteiger partial charge < -0.3 is 15.4 Å². The van der Waals surface area contributed by atoms with Crippen molar-refractivity contribution in [1.29, 1.82) is 0 Å². The summed E-state index contributed by atoms with van der Waals surface area (Å²) in [6.07, 6.45) is 0. The molecule has 0 aromatic heterocycles. The molecular formula is C20H22FN3O3. The Morgan fingerprint density at radius 1 is 1.04 bits per heavy atom. The first-order valence-corrected chi connectivity index (χ1v) is 8.79. The molecule has 3 rings (SSSR count). The molecule has 0 unspecified atom stereocenters. The van der Waals surface area contributed by atoms with Gasteiger partial charge >= 0.3 is 5.97 Å². The lowest BCUT2D eigenvalue weighted by atomic mass is 10.2. The van der Waals surface area contributed by atoms with Gasteiger partial charge in [-0.3, -0.25) is 9.69 Å². The number of halogens is 1. The van der Waals surface area contributed by atoms with Gasteiger partial charge in [0.05, 0.1) is 5.56 Å². The van der Waals surface area contributed by atoms with Gasteiger partial charge in [0, 0.05) is 38.4 Å². The highest BCUT2D eigenvalue weighted by molar-refractivity contribution is 5.96. The third-order valence-corrected chi connectivity index (χ3v) is 4.53. The number of anilines is 1. The summed E-state index contributed by atoms with van der Waals surface area (Å²) in [4.78, 5) is 28.3. The van der Waals surface area contributed by atoms with Crippen LogP contribution in [0.3, 0.4) is 0 Å². The van der Waals surface area contributed by atoms with E-state index in [0.717, 1.165) is 31.8 Å². The fraction of sp³-hybridized carbons (Fsp3) is 0.300. The molecule has 1 aliphatic rings. The summed E-state index contributed by atoms with van der Waals surface area (Å²) in [6, 6.07) is 13.6. The van der Waals surface area contributed by atoms with E-state index in [1.807, 2.05) is 18.2 Å². The van der Waals surface area contributed by atoms with E-state index in [2.05, 4.69) is 17.0 Å². The van der Waals surface area contributed by atoms with Crippen LogP contribution in [-0.4, -0.2) is 54.5 Å². The summed E-state index contributed by atoms with van der Waals surface area (Å²) in [6.45, 7) is 3.19. The van der Waals surface area contributed by atoms with Crippen molar-refractivity contribution in [3.63, 3.8) is 0 Å². The monoisotopic (exact) mass is 371 g/mol. The number of hydrogen-bond donors (Lipinski definition) is 1. The molecule has 1 amide bonds. The number of nitrogens with zero attached hydrogens (tertiary/aromatic N) is 2. The van der Waals surface area contributed by atoms with Crippen molar-refractivity contribution in [3.05, 3.63) is 65.5 Å². The quantitative estimate of drug-likeness (QED) is 0.642. The number of rotatable bonds is 5. The zero-order valence-corrected chi connectivity index (χ0v) is 14.9. The largest absolute Gasteiger partial charge is 0.452 e. The normalized spacial score (nSPS) is 14.8. The van der Waals surface area contributed by atoms with E-state index in [1.54, 1.807) is 4.90 Å². The number of hydrogen-bond acceptors (Lipinski definition) is 5. The molecule has 2 aromatic carbocycles. The topological polar surface area (TPSA) is 75.9 Å². The summed E-state index contributed by atoms with van der Waals surface area (Å²) in [5, 5.41) is 0. The summed E-state index contributed by atoms with van der Waals surface area (Å²) in [5.41, 5.74) is 6.89. The van der Waals surface area contributed by atoms with E-state index in [-0.39, 0.29) is 23.8 Å². The van der Waals surface area contributed by atoms with Crippen molar-refractivity contribution in [2.75, 3.05) is 38.5 Å². The van der Waals surface area contributed by atoms with Gasteiger partial charge in [-0.1, -0.05) is 30.3 Å². The molecule has 27 heavy (non-hydrogen) atoms. The van der Waals surface area contributed by atoms with E-state index in [0.29, 0.717) is 13.1 Å². The molecule has 1 heterocycles. The fourth-order valence-electron chi connectivity index (χ4n) is 3.01. The molecule has 0 atom stereocenters. The second-order valence-electron chi connectivity index (χ2n) is 6.45. The van der Waals surface area contributed by atoms with Crippen LogP contribution in [0.25, 0.3) is 0 Å². The predicted octanol–water partition coefficient (Wildman–Crippen LogP) is 1.91. The third kappa shape index (κ3) is 5.04. The maximum absolute atomic E-state index is 13.0. The van der Waals surface area contributed by atoms with Gasteiger partial charge in [-0.05, 0) is 23.8 Å². The second-order valence-corrected chi connectivity index (χ2v) is 6.45. The van der Waals surface area contributed by atoms with Crippen molar-refractivity contribution in [2.45, 2.75) is 6.54 Å². The van der Waals surface area contributed by atoms with Gasteiger partial charge in [0.2, 0.25) is 0 Å². The highest BCUT2D eigenvalue weighted by atomic mass is 19.1. The Bertz CT molecular complexity index is 805. The highest BCUT2D eigenvalue weighted by Gasteiger charge is 2.22. The lowest BCUT2D eigenvalue weighted by Crippen LogP contribution is -2.49. The Balaban J connectivity index is 1.45. The minimum Gasteiger partial charge on any atom is -0.452 e. The lowest BCUT2D eigenvalue weighted by molar-refractivity contribution is -0.136. The fourth-order valence-corrected chi connectivity index (χ4v) is 3.01. The number of carbonyl (C=O) groups is 2. The van der Waals surface area contributed by atoms with Gasteiger partial charge in [0.25, 0.3) is 5.91 Å². The molecule has 1 aliphatic heterocycles. The molecule has 2 N–H and O–H groups in total. The molecule has 2 aromatic rings. The molecule has 142 valence electrons. The third-order valence-electron chi connectivity index (χ3n) is 4.53. The number of nitrogens with two attached hydrogens (primary N) is 1. The summed E-state index contributed by atoms with van der Waals surface area (Å²) < 4.78 is 18.1. The average molecular weight is 371 g/mol. The maximum atomic E-state index is 13.0. The first-order valence-electron chi connectivity index (χ1n) is 8.79. The predicted molar refractivity (Wildman–Crippen MR) is 99.4 cm³/mol. The summed E-state index contributed by atoms with van der Waals surface area (Å²) in [7, 11) is 0. The Morgan fingerprint density at radius 3 is 2.41 bits per heavy atom. The number of piperazine rings is 1. The van der Waals surface area contributed by atoms with Gasteiger partial charge in [-0.2, -0.15) is 0 Å². The lowest BCUT2D eigenvalue weighted by Gasteiger charge is -2.34. The molecule has 0 spiro atoms. The van der Waals surface area contributed by atoms with Crippen molar-refractivity contribution in [3.8, 4) is 0 Å². The summed E-state index contributed by atoms with van der Waals surface area (Å²) >= 11 is 0. The van der Waals surface area contributed by atoms with Crippen LogP contribution in [0.2, 0.25) is 0 Å². The standard InChI is InChI=1S/C20H22FN3O3/c21-16-6-7-17(18(22)12-16)20(26)27-14-19(25)24-10-8-23(9-11-24)13-15-4-2-1-3-5-15/h1-7,12H,8-11,13-14,22H2. The van der Waals surface area contributed by atoms with E-state index >= 15 is 0 Å². The maximum Gasteiger partial charge on any atom is 0.340 e.